The van der Waals surface area contributed by atoms with Crippen LogP contribution in [0.5, 0.6) is 0 Å². The van der Waals surface area contributed by atoms with Gasteiger partial charge in [0.15, 0.2) is 6.61 Å². The lowest BCUT2D eigenvalue weighted by Gasteiger charge is -2.13. The maximum Gasteiger partial charge on any atom is 0.338 e. The normalized spacial score (nSPS) is 12.5. The number of benzene rings is 2. The number of halogens is 1. The number of ether oxygens (including phenoxy) is 1. The fraction of sp³-hybridized carbons (Fsp3) is 0.261. The van der Waals surface area contributed by atoms with Crippen LogP contribution in [0.25, 0.3) is 0 Å². The quantitative estimate of drug-likeness (QED) is 0.489. The maximum atomic E-state index is 13.2. The molecular formula is C23H22FN3O6. The molecule has 5 amide bonds. The SMILES string of the molecule is CC(C)CCNC(=O)NC(=O)COC(=O)c1ccc2c(c1)C(=O)N(c1ccc(F)cc1)C2=O. The second-order valence-electron chi connectivity index (χ2n) is 7.75. The summed E-state index contributed by atoms with van der Waals surface area (Å²) in [5.41, 5.74) is 0.199. The van der Waals surface area contributed by atoms with Crippen LogP contribution in [0.2, 0.25) is 0 Å². The molecule has 0 spiro atoms. The number of carbonyl (C=O) groups is 5. The fourth-order valence-corrected chi connectivity index (χ4v) is 3.09. The Morgan fingerprint density at radius 3 is 2.33 bits per heavy atom. The van der Waals surface area contributed by atoms with Gasteiger partial charge in [-0.25, -0.2) is 18.9 Å². The number of imide groups is 2. The molecule has 0 fully saturated rings. The van der Waals surface area contributed by atoms with Gasteiger partial charge in [0.1, 0.15) is 5.82 Å². The van der Waals surface area contributed by atoms with Crippen LogP contribution in [-0.4, -0.2) is 42.9 Å². The molecule has 0 atom stereocenters. The Morgan fingerprint density at radius 2 is 1.67 bits per heavy atom. The number of rotatable bonds is 7. The predicted octanol–water partition coefficient (Wildman–Crippen LogP) is 2.66. The van der Waals surface area contributed by atoms with Gasteiger partial charge in [-0.15, -0.1) is 0 Å². The first-order valence-electron chi connectivity index (χ1n) is 10.2. The molecule has 33 heavy (non-hydrogen) atoms. The van der Waals surface area contributed by atoms with E-state index in [1.165, 1.54) is 30.3 Å². The zero-order chi connectivity index (χ0) is 24.1. The molecule has 1 aliphatic rings. The molecule has 172 valence electrons. The summed E-state index contributed by atoms with van der Waals surface area (Å²) in [4.78, 5) is 62.0. The number of carbonyl (C=O) groups excluding carboxylic acids is 5. The van der Waals surface area contributed by atoms with Crippen LogP contribution in [0.15, 0.2) is 42.5 Å². The van der Waals surface area contributed by atoms with Crippen molar-refractivity contribution < 1.29 is 33.1 Å². The summed E-state index contributed by atoms with van der Waals surface area (Å²) in [5, 5.41) is 4.56. The number of anilines is 1. The highest BCUT2D eigenvalue weighted by Gasteiger charge is 2.37. The van der Waals surface area contributed by atoms with Crippen molar-refractivity contribution in [3.05, 3.63) is 65.0 Å². The van der Waals surface area contributed by atoms with Gasteiger partial charge < -0.3 is 10.1 Å². The maximum absolute atomic E-state index is 13.2. The number of hydrogen-bond acceptors (Lipinski definition) is 6. The Balaban J connectivity index is 1.60. The number of fused-ring (bicyclic) bond motifs is 1. The first-order valence-corrected chi connectivity index (χ1v) is 10.2. The van der Waals surface area contributed by atoms with Gasteiger partial charge in [0, 0.05) is 6.54 Å². The van der Waals surface area contributed by atoms with E-state index in [-0.39, 0.29) is 22.4 Å². The minimum absolute atomic E-state index is 0.0206. The first kappa shape index (κ1) is 23.6. The van der Waals surface area contributed by atoms with Crippen LogP contribution in [0.3, 0.4) is 0 Å². The lowest BCUT2D eigenvalue weighted by atomic mass is 10.1. The highest BCUT2D eigenvalue weighted by molar-refractivity contribution is 6.34. The first-order chi connectivity index (χ1) is 15.7. The summed E-state index contributed by atoms with van der Waals surface area (Å²) in [6.07, 6.45) is 0.745. The number of amides is 5. The lowest BCUT2D eigenvalue weighted by molar-refractivity contribution is -0.123. The molecular weight excluding hydrogens is 433 g/mol. The zero-order valence-electron chi connectivity index (χ0n) is 18.0. The Bertz CT molecular complexity index is 1110. The molecule has 0 bridgehead atoms. The molecule has 3 rings (SSSR count). The number of nitrogens with one attached hydrogen (secondary N) is 2. The van der Waals surface area contributed by atoms with E-state index in [0.29, 0.717) is 12.5 Å². The van der Waals surface area contributed by atoms with E-state index in [9.17, 15) is 28.4 Å². The third kappa shape index (κ3) is 5.59. The van der Waals surface area contributed by atoms with E-state index in [2.05, 4.69) is 5.32 Å². The van der Waals surface area contributed by atoms with Crippen molar-refractivity contribution in [1.82, 2.24) is 10.6 Å². The van der Waals surface area contributed by atoms with Crippen molar-refractivity contribution in [2.45, 2.75) is 20.3 Å². The van der Waals surface area contributed by atoms with E-state index in [1.54, 1.807) is 0 Å². The topological polar surface area (TPSA) is 122 Å². The van der Waals surface area contributed by atoms with Gasteiger partial charge in [0.05, 0.1) is 22.4 Å². The van der Waals surface area contributed by atoms with Crippen LogP contribution in [0.1, 0.15) is 51.3 Å². The van der Waals surface area contributed by atoms with Gasteiger partial charge in [0.25, 0.3) is 17.7 Å². The Kier molecular flexibility index (Phi) is 7.17. The average molecular weight is 455 g/mol. The molecule has 0 aliphatic carbocycles. The van der Waals surface area contributed by atoms with Gasteiger partial charge in [0.2, 0.25) is 0 Å². The largest absolute Gasteiger partial charge is 0.452 e. The van der Waals surface area contributed by atoms with E-state index in [0.717, 1.165) is 23.5 Å². The molecule has 1 aliphatic heterocycles. The Labute approximate surface area is 188 Å². The molecule has 1 heterocycles. The average Bonchev–Trinajstić information content (AvgIpc) is 3.02. The molecule has 2 aromatic rings. The van der Waals surface area contributed by atoms with Gasteiger partial charge in [-0.05, 0) is 54.8 Å². The minimum Gasteiger partial charge on any atom is -0.452 e. The second kappa shape index (κ2) is 10.0. The summed E-state index contributed by atoms with van der Waals surface area (Å²) in [5.74, 6) is -3.14. The molecule has 2 aromatic carbocycles. The van der Waals surface area contributed by atoms with Crippen molar-refractivity contribution in [3.8, 4) is 0 Å². The summed E-state index contributed by atoms with van der Waals surface area (Å²) in [7, 11) is 0. The lowest BCUT2D eigenvalue weighted by Crippen LogP contribution is -2.42. The second-order valence-corrected chi connectivity index (χ2v) is 7.75. The number of nitrogens with zero attached hydrogens (tertiary/aromatic N) is 1. The standard InChI is InChI=1S/C23H22FN3O6/c1-13(2)9-10-25-23(32)26-19(28)12-33-22(31)14-3-8-17-18(11-14)21(30)27(20(17)29)16-6-4-15(24)5-7-16/h3-8,11,13H,9-10,12H2,1-2H3,(H2,25,26,28,32). The third-order valence-corrected chi connectivity index (χ3v) is 4.80. The summed E-state index contributed by atoms with van der Waals surface area (Å²) in [6.45, 7) is 3.68. The van der Waals surface area contributed by atoms with Crippen LogP contribution in [0.4, 0.5) is 14.9 Å². The van der Waals surface area contributed by atoms with Crippen molar-refractivity contribution in [2.75, 3.05) is 18.1 Å². The summed E-state index contributed by atoms with van der Waals surface area (Å²) >= 11 is 0. The van der Waals surface area contributed by atoms with E-state index in [1.807, 2.05) is 19.2 Å². The molecule has 9 nitrogen and oxygen atoms in total. The van der Waals surface area contributed by atoms with Crippen molar-refractivity contribution in [3.63, 3.8) is 0 Å². The summed E-state index contributed by atoms with van der Waals surface area (Å²) < 4.78 is 18.1. The third-order valence-electron chi connectivity index (χ3n) is 4.80. The summed E-state index contributed by atoms with van der Waals surface area (Å²) in [6, 6.07) is 7.92. The number of hydrogen-bond donors (Lipinski definition) is 2. The van der Waals surface area contributed by atoms with E-state index < -0.39 is 42.1 Å². The fourth-order valence-electron chi connectivity index (χ4n) is 3.09. The van der Waals surface area contributed by atoms with Crippen LogP contribution in [0, 0.1) is 11.7 Å². The number of esters is 1. The molecule has 10 heteroatoms. The van der Waals surface area contributed by atoms with Crippen LogP contribution < -0.4 is 15.5 Å². The van der Waals surface area contributed by atoms with Crippen molar-refractivity contribution >= 4 is 35.4 Å². The highest BCUT2D eigenvalue weighted by Crippen LogP contribution is 2.29. The Hall–Kier alpha value is -4.08. The predicted molar refractivity (Wildman–Crippen MR) is 115 cm³/mol. The van der Waals surface area contributed by atoms with Crippen molar-refractivity contribution in [2.24, 2.45) is 5.92 Å². The van der Waals surface area contributed by atoms with Gasteiger partial charge in [-0.3, -0.25) is 19.7 Å². The zero-order valence-corrected chi connectivity index (χ0v) is 18.0. The monoisotopic (exact) mass is 455 g/mol. The van der Waals surface area contributed by atoms with Crippen LogP contribution >= 0.6 is 0 Å². The van der Waals surface area contributed by atoms with E-state index >= 15 is 0 Å². The van der Waals surface area contributed by atoms with Gasteiger partial charge in [-0.1, -0.05) is 13.8 Å². The number of urea groups is 1. The highest BCUT2D eigenvalue weighted by atomic mass is 19.1. The van der Waals surface area contributed by atoms with Gasteiger partial charge >= 0.3 is 12.0 Å². The van der Waals surface area contributed by atoms with E-state index in [4.69, 9.17) is 4.74 Å². The molecule has 0 saturated heterocycles. The van der Waals surface area contributed by atoms with Crippen molar-refractivity contribution in [1.29, 1.82) is 0 Å². The smallest absolute Gasteiger partial charge is 0.338 e. The molecule has 0 saturated carbocycles. The molecule has 0 aromatic heterocycles. The molecule has 0 radical (unpaired) electrons. The van der Waals surface area contributed by atoms with Gasteiger partial charge in [-0.2, -0.15) is 0 Å². The Morgan fingerprint density at radius 1 is 1.00 bits per heavy atom. The van der Waals surface area contributed by atoms with Crippen LogP contribution in [-0.2, 0) is 9.53 Å². The molecule has 2 N–H and O–H groups in total. The minimum atomic E-state index is -0.909. The molecule has 0 unspecified atom stereocenters.